The van der Waals surface area contributed by atoms with E-state index in [1.807, 2.05) is 7.05 Å². The van der Waals surface area contributed by atoms with Gasteiger partial charge in [0.05, 0.1) is 0 Å². The lowest BCUT2D eigenvalue weighted by Crippen LogP contribution is -2.35. The van der Waals surface area contributed by atoms with Gasteiger partial charge in [0.1, 0.15) is 6.67 Å². The Bertz CT molecular complexity index is 133. The van der Waals surface area contributed by atoms with Gasteiger partial charge in [-0.15, -0.1) is 0 Å². The van der Waals surface area contributed by atoms with Gasteiger partial charge in [-0.25, -0.2) is 4.39 Å². The van der Waals surface area contributed by atoms with Crippen LogP contribution in [0.25, 0.3) is 0 Å². The van der Waals surface area contributed by atoms with E-state index in [2.05, 4.69) is 10.2 Å². The van der Waals surface area contributed by atoms with Crippen molar-refractivity contribution in [1.29, 1.82) is 0 Å². The molecule has 0 aromatic rings. The van der Waals surface area contributed by atoms with Crippen molar-refractivity contribution in [3.63, 3.8) is 0 Å². The summed E-state index contributed by atoms with van der Waals surface area (Å²) < 4.78 is 12.1. The number of halogens is 1. The molecule has 1 heterocycles. The van der Waals surface area contributed by atoms with Crippen LogP contribution in [0, 0.1) is 5.92 Å². The zero-order valence-electron chi connectivity index (χ0n) is 9.27. The summed E-state index contributed by atoms with van der Waals surface area (Å²) in [6.07, 6.45) is 5.15. The fourth-order valence-electron chi connectivity index (χ4n) is 2.19. The minimum atomic E-state index is -0.190. The van der Waals surface area contributed by atoms with Gasteiger partial charge in [-0.2, -0.15) is 0 Å². The van der Waals surface area contributed by atoms with Crippen LogP contribution in [0.3, 0.4) is 0 Å². The first-order chi connectivity index (χ1) is 6.86. The third-order valence-corrected chi connectivity index (χ3v) is 3.15. The summed E-state index contributed by atoms with van der Waals surface area (Å²) in [5.41, 5.74) is 0. The molecule has 0 bridgehead atoms. The molecule has 1 saturated heterocycles. The highest BCUT2D eigenvalue weighted by Crippen LogP contribution is 2.21. The molecule has 0 amide bonds. The molecule has 1 aliphatic heterocycles. The van der Waals surface area contributed by atoms with Crippen molar-refractivity contribution in [1.82, 2.24) is 10.2 Å². The first kappa shape index (κ1) is 11.9. The molecule has 0 unspecified atom stereocenters. The van der Waals surface area contributed by atoms with Gasteiger partial charge in [0.15, 0.2) is 0 Å². The molecule has 0 aromatic carbocycles. The monoisotopic (exact) mass is 202 g/mol. The van der Waals surface area contributed by atoms with Gasteiger partial charge >= 0.3 is 0 Å². The van der Waals surface area contributed by atoms with Crippen LogP contribution in [0.15, 0.2) is 0 Å². The van der Waals surface area contributed by atoms with Gasteiger partial charge in [-0.1, -0.05) is 0 Å². The smallest absolute Gasteiger partial charge is 0.102 e. The maximum atomic E-state index is 12.1. The Balaban J connectivity index is 2.03. The van der Waals surface area contributed by atoms with E-state index < -0.39 is 0 Å². The molecule has 0 radical (unpaired) electrons. The topological polar surface area (TPSA) is 15.3 Å². The van der Waals surface area contributed by atoms with Gasteiger partial charge in [-0.05, 0) is 58.3 Å². The largest absolute Gasteiger partial charge is 0.320 e. The Hall–Kier alpha value is -0.150. The van der Waals surface area contributed by atoms with Crippen LogP contribution in [-0.4, -0.2) is 44.8 Å². The molecule has 1 N–H and O–H groups in total. The molecule has 0 aromatic heterocycles. The van der Waals surface area contributed by atoms with Gasteiger partial charge in [0, 0.05) is 6.54 Å². The second-order valence-corrected chi connectivity index (χ2v) is 4.22. The Morgan fingerprint density at radius 2 is 2.07 bits per heavy atom. The van der Waals surface area contributed by atoms with Crippen molar-refractivity contribution in [3.8, 4) is 0 Å². The highest BCUT2D eigenvalue weighted by atomic mass is 19.1. The number of likely N-dealkylation sites (tertiary alicyclic amines) is 1. The first-order valence-electron chi connectivity index (χ1n) is 5.79. The van der Waals surface area contributed by atoms with Crippen LogP contribution in [0.5, 0.6) is 0 Å². The second-order valence-electron chi connectivity index (χ2n) is 4.22. The predicted molar refractivity (Wildman–Crippen MR) is 58.3 cm³/mol. The summed E-state index contributed by atoms with van der Waals surface area (Å²) in [7, 11) is 2.00. The summed E-state index contributed by atoms with van der Waals surface area (Å²) in [6, 6.07) is 0. The van der Waals surface area contributed by atoms with Gasteiger partial charge in [-0.3, -0.25) is 0 Å². The van der Waals surface area contributed by atoms with E-state index in [4.69, 9.17) is 0 Å². The van der Waals surface area contributed by atoms with Crippen molar-refractivity contribution in [2.45, 2.75) is 25.7 Å². The summed E-state index contributed by atoms with van der Waals surface area (Å²) in [4.78, 5) is 2.24. The van der Waals surface area contributed by atoms with Crippen molar-refractivity contribution in [2.75, 3.05) is 39.9 Å². The summed E-state index contributed by atoms with van der Waals surface area (Å²) >= 11 is 0. The molecule has 1 rings (SSSR count). The Morgan fingerprint density at radius 3 is 2.64 bits per heavy atom. The van der Waals surface area contributed by atoms with Crippen molar-refractivity contribution in [2.24, 2.45) is 5.92 Å². The van der Waals surface area contributed by atoms with E-state index >= 15 is 0 Å². The molecular weight excluding hydrogens is 179 g/mol. The predicted octanol–water partition coefficient (Wildman–Crippen LogP) is 1.67. The van der Waals surface area contributed by atoms with E-state index in [0.29, 0.717) is 6.54 Å². The second kappa shape index (κ2) is 7.18. The van der Waals surface area contributed by atoms with E-state index in [0.717, 1.165) is 25.6 Å². The highest BCUT2D eigenvalue weighted by molar-refractivity contribution is 4.72. The number of piperidine rings is 1. The quantitative estimate of drug-likeness (QED) is 0.659. The molecular formula is C11H23FN2. The minimum Gasteiger partial charge on any atom is -0.320 e. The maximum Gasteiger partial charge on any atom is 0.102 e. The third-order valence-electron chi connectivity index (χ3n) is 3.15. The lowest BCUT2D eigenvalue weighted by atomic mass is 9.92. The number of hydrogen-bond donors (Lipinski definition) is 1. The average Bonchev–Trinajstić information content (AvgIpc) is 2.21. The fourth-order valence-corrected chi connectivity index (χ4v) is 2.19. The van der Waals surface area contributed by atoms with E-state index in [1.54, 1.807) is 0 Å². The van der Waals surface area contributed by atoms with Crippen LogP contribution in [0.1, 0.15) is 25.7 Å². The molecule has 1 fully saturated rings. The van der Waals surface area contributed by atoms with Gasteiger partial charge in [0.25, 0.3) is 0 Å². The number of hydrogen-bond acceptors (Lipinski definition) is 2. The molecule has 2 nitrogen and oxygen atoms in total. The van der Waals surface area contributed by atoms with Crippen LogP contribution in [-0.2, 0) is 0 Å². The zero-order chi connectivity index (χ0) is 10.2. The number of rotatable bonds is 6. The van der Waals surface area contributed by atoms with Crippen LogP contribution >= 0.6 is 0 Å². The van der Waals surface area contributed by atoms with E-state index in [9.17, 15) is 4.39 Å². The fraction of sp³-hybridized carbons (Fsp3) is 1.00. The molecule has 0 saturated carbocycles. The molecule has 0 atom stereocenters. The lowest BCUT2D eigenvalue weighted by Gasteiger charge is -2.31. The highest BCUT2D eigenvalue weighted by Gasteiger charge is 2.17. The standard InChI is InChI=1S/C11H23FN2/c1-13-7-2-3-11-4-8-14(9-5-11)10-6-12/h11,13H,2-10H2,1H3. The summed E-state index contributed by atoms with van der Waals surface area (Å²) in [6.45, 7) is 3.79. The Labute approximate surface area is 86.9 Å². The summed E-state index contributed by atoms with van der Waals surface area (Å²) in [5.74, 6) is 0.888. The van der Waals surface area contributed by atoms with Gasteiger partial charge in [0.2, 0.25) is 0 Å². The minimum absolute atomic E-state index is 0.190. The number of alkyl halides is 1. The van der Waals surface area contributed by atoms with Gasteiger partial charge < -0.3 is 10.2 Å². The van der Waals surface area contributed by atoms with E-state index in [-0.39, 0.29) is 6.67 Å². The number of nitrogens with zero attached hydrogens (tertiary/aromatic N) is 1. The lowest BCUT2D eigenvalue weighted by molar-refractivity contribution is 0.167. The average molecular weight is 202 g/mol. The van der Waals surface area contributed by atoms with Crippen LogP contribution in [0.4, 0.5) is 4.39 Å². The van der Waals surface area contributed by atoms with E-state index in [1.165, 1.54) is 25.7 Å². The van der Waals surface area contributed by atoms with Crippen molar-refractivity contribution < 1.29 is 4.39 Å². The summed E-state index contributed by atoms with van der Waals surface area (Å²) in [5, 5.41) is 3.18. The SMILES string of the molecule is CNCCCC1CCN(CCF)CC1. The number of nitrogens with one attached hydrogen (secondary N) is 1. The normalized spacial score (nSPS) is 20.1. The first-order valence-corrected chi connectivity index (χ1v) is 5.79. The third kappa shape index (κ3) is 4.38. The Morgan fingerprint density at radius 1 is 1.36 bits per heavy atom. The molecule has 1 aliphatic rings. The Kier molecular flexibility index (Phi) is 6.12. The van der Waals surface area contributed by atoms with Crippen LogP contribution < -0.4 is 5.32 Å². The van der Waals surface area contributed by atoms with Crippen molar-refractivity contribution >= 4 is 0 Å². The van der Waals surface area contributed by atoms with Crippen molar-refractivity contribution in [3.05, 3.63) is 0 Å². The molecule has 0 aliphatic carbocycles. The maximum absolute atomic E-state index is 12.1. The molecule has 14 heavy (non-hydrogen) atoms. The molecule has 84 valence electrons. The van der Waals surface area contributed by atoms with Crippen LogP contribution in [0.2, 0.25) is 0 Å². The zero-order valence-corrected chi connectivity index (χ0v) is 9.27. The molecule has 3 heteroatoms. The molecule has 0 spiro atoms.